The monoisotopic (exact) mass is 274 g/mol. The van der Waals surface area contributed by atoms with Gasteiger partial charge in [0.2, 0.25) is 5.16 Å². The van der Waals surface area contributed by atoms with E-state index in [9.17, 15) is 0 Å². The Morgan fingerprint density at radius 2 is 2.11 bits per heavy atom. The summed E-state index contributed by atoms with van der Waals surface area (Å²) in [5, 5.41) is 13.6. The van der Waals surface area contributed by atoms with Gasteiger partial charge >= 0.3 is 0 Å². The lowest BCUT2D eigenvalue weighted by Crippen LogP contribution is -2.21. The SMILES string of the molecule is CCOc1ccc(C2=Nn3cnnc3S[C@H]2C)cc1. The van der Waals surface area contributed by atoms with Gasteiger partial charge in [-0.1, -0.05) is 11.8 Å². The molecule has 0 fully saturated rings. The Kier molecular flexibility index (Phi) is 3.25. The van der Waals surface area contributed by atoms with E-state index < -0.39 is 0 Å². The van der Waals surface area contributed by atoms with Crippen molar-refractivity contribution >= 4 is 17.5 Å². The van der Waals surface area contributed by atoms with E-state index in [0.29, 0.717) is 6.61 Å². The molecule has 1 atom stereocenters. The molecule has 0 N–H and O–H groups in total. The molecule has 1 aliphatic rings. The lowest BCUT2D eigenvalue weighted by atomic mass is 10.1. The van der Waals surface area contributed by atoms with Crippen molar-refractivity contribution in [2.45, 2.75) is 24.3 Å². The van der Waals surface area contributed by atoms with Crippen molar-refractivity contribution in [3.8, 4) is 5.75 Å². The lowest BCUT2D eigenvalue weighted by molar-refractivity contribution is 0.340. The molecule has 98 valence electrons. The molecule has 0 saturated carbocycles. The summed E-state index contributed by atoms with van der Waals surface area (Å²) in [7, 11) is 0. The van der Waals surface area contributed by atoms with Crippen molar-refractivity contribution in [3.63, 3.8) is 0 Å². The molecule has 0 unspecified atom stereocenters. The van der Waals surface area contributed by atoms with Crippen LogP contribution in [0.1, 0.15) is 19.4 Å². The Labute approximate surface area is 115 Å². The maximum Gasteiger partial charge on any atom is 0.212 e. The number of rotatable bonds is 3. The first-order chi connectivity index (χ1) is 9.28. The highest BCUT2D eigenvalue weighted by Gasteiger charge is 2.22. The van der Waals surface area contributed by atoms with E-state index in [-0.39, 0.29) is 5.25 Å². The molecular weight excluding hydrogens is 260 g/mol. The molecule has 0 spiro atoms. The Morgan fingerprint density at radius 1 is 1.32 bits per heavy atom. The molecule has 2 heterocycles. The molecule has 1 aromatic carbocycles. The fraction of sp³-hybridized carbons (Fsp3) is 0.308. The smallest absolute Gasteiger partial charge is 0.212 e. The third-order valence-electron chi connectivity index (χ3n) is 2.84. The van der Waals surface area contributed by atoms with E-state index in [1.54, 1.807) is 22.8 Å². The fourth-order valence-corrected chi connectivity index (χ4v) is 2.86. The van der Waals surface area contributed by atoms with Gasteiger partial charge < -0.3 is 4.74 Å². The highest BCUT2D eigenvalue weighted by molar-refractivity contribution is 8.00. The van der Waals surface area contributed by atoms with Gasteiger partial charge in [0.25, 0.3) is 0 Å². The zero-order chi connectivity index (χ0) is 13.2. The van der Waals surface area contributed by atoms with E-state index in [2.05, 4.69) is 22.2 Å². The molecule has 0 saturated heterocycles. The summed E-state index contributed by atoms with van der Waals surface area (Å²) < 4.78 is 7.17. The van der Waals surface area contributed by atoms with Crippen LogP contribution in [0.4, 0.5) is 0 Å². The van der Waals surface area contributed by atoms with Gasteiger partial charge in [-0.15, -0.1) is 10.2 Å². The van der Waals surface area contributed by atoms with Gasteiger partial charge in [-0.25, -0.2) is 0 Å². The highest BCUT2D eigenvalue weighted by atomic mass is 32.2. The molecule has 0 amide bonds. The number of hydrogen-bond donors (Lipinski definition) is 0. The highest BCUT2D eigenvalue weighted by Crippen LogP contribution is 2.29. The van der Waals surface area contributed by atoms with Crippen LogP contribution in [0.15, 0.2) is 40.9 Å². The van der Waals surface area contributed by atoms with E-state index in [1.165, 1.54) is 0 Å². The van der Waals surface area contributed by atoms with Gasteiger partial charge in [0.05, 0.1) is 17.6 Å². The molecule has 1 aromatic heterocycles. The maximum absolute atomic E-state index is 5.45. The number of nitrogens with zero attached hydrogens (tertiary/aromatic N) is 4. The maximum atomic E-state index is 5.45. The quantitative estimate of drug-likeness (QED) is 0.862. The average molecular weight is 274 g/mol. The van der Waals surface area contributed by atoms with E-state index in [4.69, 9.17) is 4.74 Å². The third-order valence-corrected chi connectivity index (χ3v) is 3.90. The first kappa shape index (κ1) is 12.2. The van der Waals surface area contributed by atoms with Crippen LogP contribution in [0.3, 0.4) is 0 Å². The van der Waals surface area contributed by atoms with Gasteiger partial charge in [-0.05, 0) is 43.7 Å². The molecule has 0 bridgehead atoms. The van der Waals surface area contributed by atoms with Crippen LogP contribution in [0.5, 0.6) is 5.75 Å². The zero-order valence-electron chi connectivity index (χ0n) is 10.8. The average Bonchev–Trinajstić information content (AvgIpc) is 2.86. The fourth-order valence-electron chi connectivity index (χ4n) is 1.96. The van der Waals surface area contributed by atoms with E-state index in [0.717, 1.165) is 22.2 Å². The molecular formula is C13H14N4OS. The van der Waals surface area contributed by atoms with Crippen molar-refractivity contribution in [3.05, 3.63) is 36.2 Å². The minimum Gasteiger partial charge on any atom is -0.494 e. The van der Waals surface area contributed by atoms with Gasteiger partial charge in [0.15, 0.2) is 0 Å². The van der Waals surface area contributed by atoms with Gasteiger partial charge in [0.1, 0.15) is 12.1 Å². The summed E-state index contributed by atoms with van der Waals surface area (Å²) in [5.41, 5.74) is 2.13. The molecule has 0 radical (unpaired) electrons. The summed E-state index contributed by atoms with van der Waals surface area (Å²) in [6, 6.07) is 8.02. The Hall–Kier alpha value is -1.82. The van der Waals surface area contributed by atoms with Crippen molar-refractivity contribution < 1.29 is 4.74 Å². The molecule has 6 heteroatoms. The van der Waals surface area contributed by atoms with Crippen LogP contribution in [-0.4, -0.2) is 32.4 Å². The summed E-state index contributed by atoms with van der Waals surface area (Å²) >= 11 is 1.66. The second-order valence-electron chi connectivity index (χ2n) is 4.16. The predicted octanol–water partition coefficient (Wildman–Crippen LogP) is 2.42. The number of aromatic nitrogens is 3. The minimum atomic E-state index is 0.259. The zero-order valence-corrected chi connectivity index (χ0v) is 11.6. The number of hydrogen-bond acceptors (Lipinski definition) is 5. The van der Waals surface area contributed by atoms with E-state index in [1.807, 2.05) is 31.2 Å². The van der Waals surface area contributed by atoms with Crippen LogP contribution in [-0.2, 0) is 0 Å². The topological polar surface area (TPSA) is 52.3 Å². The van der Waals surface area contributed by atoms with Crippen LogP contribution in [0.25, 0.3) is 0 Å². The first-order valence-electron chi connectivity index (χ1n) is 6.16. The van der Waals surface area contributed by atoms with Crippen LogP contribution in [0.2, 0.25) is 0 Å². The predicted molar refractivity (Wildman–Crippen MR) is 74.9 cm³/mol. The lowest BCUT2D eigenvalue weighted by Gasteiger charge is -2.19. The van der Waals surface area contributed by atoms with Crippen LogP contribution < -0.4 is 4.74 Å². The van der Waals surface area contributed by atoms with Gasteiger partial charge in [-0.3, -0.25) is 0 Å². The van der Waals surface area contributed by atoms with Gasteiger partial charge in [0, 0.05) is 0 Å². The second-order valence-corrected chi connectivity index (χ2v) is 5.47. The largest absolute Gasteiger partial charge is 0.494 e. The Balaban J connectivity index is 1.93. The molecule has 0 aliphatic carbocycles. The Morgan fingerprint density at radius 3 is 2.84 bits per heavy atom. The summed E-state index contributed by atoms with van der Waals surface area (Å²) in [6.07, 6.45) is 1.63. The molecule has 5 nitrogen and oxygen atoms in total. The van der Waals surface area contributed by atoms with Gasteiger partial charge in [-0.2, -0.15) is 9.78 Å². The molecule has 1 aliphatic heterocycles. The molecule has 2 aromatic rings. The van der Waals surface area contributed by atoms with E-state index >= 15 is 0 Å². The number of thioether (sulfide) groups is 1. The molecule has 3 rings (SSSR count). The van der Waals surface area contributed by atoms with Crippen molar-refractivity contribution in [1.29, 1.82) is 0 Å². The van der Waals surface area contributed by atoms with Crippen molar-refractivity contribution in [1.82, 2.24) is 14.9 Å². The van der Waals surface area contributed by atoms with Crippen LogP contribution >= 0.6 is 11.8 Å². The normalized spacial score (nSPS) is 17.8. The first-order valence-corrected chi connectivity index (χ1v) is 7.04. The number of benzene rings is 1. The standard InChI is InChI=1S/C13H14N4OS/c1-3-18-11-6-4-10(5-7-11)12-9(2)19-13-15-14-8-17(13)16-12/h4-9H,3H2,1-2H3/t9-/m0/s1. The third kappa shape index (κ3) is 2.35. The Bertz CT molecular complexity index is 605. The number of ether oxygens (including phenoxy) is 1. The summed E-state index contributed by atoms with van der Waals surface area (Å²) in [4.78, 5) is 0. The second kappa shape index (κ2) is 5.05. The van der Waals surface area contributed by atoms with Crippen LogP contribution in [0, 0.1) is 0 Å². The van der Waals surface area contributed by atoms with Crippen molar-refractivity contribution in [2.75, 3.05) is 6.61 Å². The minimum absolute atomic E-state index is 0.259. The summed E-state index contributed by atoms with van der Waals surface area (Å²) in [6.45, 7) is 4.78. The summed E-state index contributed by atoms with van der Waals surface area (Å²) in [5.74, 6) is 0.882. The van der Waals surface area contributed by atoms with Crippen molar-refractivity contribution in [2.24, 2.45) is 5.10 Å². The number of fused-ring (bicyclic) bond motifs is 1. The molecule has 19 heavy (non-hydrogen) atoms.